The van der Waals surface area contributed by atoms with Crippen molar-refractivity contribution in [2.45, 2.75) is 26.6 Å². The summed E-state index contributed by atoms with van der Waals surface area (Å²) < 4.78 is 0. The van der Waals surface area contributed by atoms with Crippen molar-refractivity contribution in [2.75, 3.05) is 5.73 Å². The summed E-state index contributed by atoms with van der Waals surface area (Å²) in [4.78, 5) is 0. The molecule has 4 nitrogen and oxygen atoms in total. The van der Waals surface area contributed by atoms with Gasteiger partial charge < -0.3 is 10.8 Å². The van der Waals surface area contributed by atoms with Crippen LogP contribution in [0.15, 0.2) is 42.5 Å². The summed E-state index contributed by atoms with van der Waals surface area (Å²) in [5.41, 5.74) is 9.96. The average Bonchev–Trinajstić information content (AvgIpc) is 2.54. The number of hydrogen-bond acceptors (Lipinski definition) is 4. The van der Waals surface area contributed by atoms with Crippen molar-refractivity contribution in [2.24, 2.45) is 0 Å². The highest BCUT2D eigenvalue weighted by molar-refractivity contribution is 6.64. The molecule has 0 aliphatic heterocycles. The van der Waals surface area contributed by atoms with Crippen LogP contribution in [-0.2, 0) is 0 Å². The zero-order valence-corrected chi connectivity index (χ0v) is 13.6. The molecule has 0 spiro atoms. The molecule has 2 aromatic carbocycles. The van der Waals surface area contributed by atoms with Crippen molar-refractivity contribution >= 4 is 29.0 Å². The number of nitrogen functional groups attached to an aromatic ring is 1. The lowest BCUT2D eigenvalue weighted by molar-refractivity contribution is 0.594. The summed E-state index contributed by atoms with van der Waals surface area (Å²) in [6, 6.07) is 14.1. The molecule has 0 saturated heterocycles. The van der Waals surface area contributed by atoms with Crippen molar-refractivity contribution in [1.82, 2.24) is 10.2 Å². The molecule has 3 aromatic rings. The van der Waals surface area contributed by atoms with E-state index in [0.717, 1.165) is 33.1 Å². The first-order chi connectivity index (χ1) is 11.0. The van der Waals surface area contributed by atoms with Crippen LogP contribution in [0, 0.1) is 0 Å². The molecule has 0 radical (unpaired) electrons. The molecule has 23 heavy (non-hydrogen) atoms. The highest BCUT2D eigenvalue weighted by Gasteiger charge is 2.13. The van der Waals surface area contributed by atoms with E-state index in [0.29, 0.717) is 5.82 Å². The second kappa shape index (κ2) is 6.01. The van der Waals surface area contributed by atoms with Crippen LogP contribution in [0.5, 0.6) is 0 Å². The lowest BCUT2D eigenvalue weighted by atomic mass is 9.64. The van der Waals surface area contributed by atoms with E-state index in [1.807, 2.05) is 36.4 Å². The van der Waals surface area contributed by atoms with Gasteiger partial charge in [0.25, 0.3) is 0 Å². The van der Waals surface area contributed by atoms with E-state index in [4.69, 9.17) is 5.73 Å². The Bertz CT molecular complexity index is 862. The maximum Gasteiger partial charge on any atom is 0.320 e. The van der Waals surface area contributed by atoms with Crippen LogP contribution in [0.2, 0.25) is 6.82 Å². The van der Waals surface area contributed by atoms with Crippen LogP contribution >= 0.6 is 0 Å². The number of nitrogens with two attached hydrogens (primary N) is 1. The summed E-state index contributed by atoms with van der Waals surface area (Å²) in [7, 11) is 0. The standard InChI is InChI=1S/C18H20BN3O/c1-11(2)17-16-10-13(7-8-15(16)18(20)22-21-17)12-5-4-6-14(9-12)19(3)23/h4-11,23H,1-3H3,(H2,20,22). The number of aromatic nitrogens is 2. The molecule has 0 atom stereocenters. The Balaban J connectivity index is 2.20. The first-order valence-electron chi connectivity index (χ1n) is 7.81. The van der Waals surface area contributed by atoms with Gasteiger partial charge in [0.15, 0.2) is 5.82 Å². The number of benzene rings is 2. The Kier molecular flexibility index (Phi) is 4.05. The van der Waals surface area contributed by atoms with Crippen molar-refractivity contribution in [1.29, 1.82) is 0 Å². The normalized spacial score (nSPS) is 11.2. The van der Waals surface area contributed by atoms with Gasteiger partial charge >= 0.3 is 6.92 Å². The third-order valence-electron chi connectivity index (χ3n) is 4.09. The molecule has 0 fully saturated rings. The van der Waals surface area contributed by atoms with Crippen molar-refractivity contribution in [3.63, 3.8) is 0 Å². The highest BCUT2D eigenvalue weighted by atomic mass is 16.2. The van der Waals surface area contributed by atoms with Crippen LogP contribution in [0.1, 0.15) is 25.5 Å². The zero-order valence-electron chi connectivity index (χ0n) is 13.6. The monoisotopic (exact) mass is 305 g/mol. The van der Waals surface area contributed by atoms with Gasteiger partial charge in [-0.15, -0.1) is 5.10 Å². The molecule has 0 aliphatic carbocycles. The van der Waals surface area contributed by atoms with Gasteiger partial charge in [0.05, 0.1) is 5.69 Å². The molecule has 116 valence electrons. The number of nitrogens with zero attached hydrogens (tertiary/aromatic N) is 2. The molecule has 1 aromatic heterocycles. The lowest BCUT2D eigenvalue weighted by Crippen LogP contribution is -2.25. The van der Waals surface area contributed by atoms with Crippen LogP contribution in [0.25, 0.3) is 21.9 Å². The third-order valence-corrected chi connectivity index (χ3v) is 4.09. The number of hydrogen-bond donors (Lipinski definition) is 2. The molecule has 0 saturated carbocycles. The fourth-order valence-electron chi connectivity index (χ4n) is 2.78. The minimum Gasteiger partial charge on any atom is -0.447 e. The van der Waals surface area contributed by atoms with E-state index in [-0.39, 0.29) is 5.92 Å². The second-order valence-corrected chi connectivity index (χ2v) is 6.19. The molecule has 3 N–H and O–H groups in total. The molecular formula is C18H20BN3O. The van der Waals surface area contributed by atoms with Crippen molar-refractivity contribution < 1.29 is 5.02 Å². The van der Waals surface area contributed by atoms with Gasteiger partial charge in [-0.1, -0.05) is 51.0 Å². The summed E-state index contributed by atoms with van der Waals surface area (Å²) in [5.74, 6) is 0.721. The smallest absolute Gasteiger partial charge is 0.320 e. The topological polar surface area (TPSA) is 72.0 Å². The first-order valence-corrected chi connectivity index (χ1v) is 7.81. The van der Waals surface area contributed by atoms with E-state index < -0.39 is 6.92 Å². The zero-order chi connectivity index (χ0) is 16.6. The Morgan fingerprint density at radius 3 is 2.43 bits per heavy atom. The molecular weight excluding hydrogens is 285 g/mol. The number of fused-ring (bicyclic) bond motifs is 1. The van der Waals surface area contributed by atoms with Gasteiger partial charge in [0, 0.05) is 10.8 Å². The number of anilines is 1. The predicted octanol–water partition coefficient (Wildman–Crippen LogP) is 2.82. The lowest BCUT2D eigenvalue weighted by Gasteiger charge is -2.12. The largest absolute Gasteiger partial charge is 0.447 e. The molecule has 3 rings (SSSR count). The van der Waals surface area contributed by atoms with E-state index in [1.165, 1.54) is 0 Å². The van der Waals surface area contributed by atoms with Crippen molar-refractivity contribution in [3.8, 4) is 11.1 Å². The summed E-state index contributed by atoms with van der Waals surface area (Å²) in [6.07, 6.45) is 0. The minimum atomic E-state index is -0.483. The Morgan fingerprint density at radius 1 is 1.00 bits per heavy atom. The molecule has 5 heteroatoms. The van der Waals surface area contributed by atoms with Crippen molar-refractivity contribution in [3.05, 3.63) is 48.2 Å². The fraction of sp³-hybridized carbons (Fsp3) is 0.222. The van der Waals surface area contributed by atoms with Gasteiger partial charge in [0.2, 0.25) is 0 Å². The average molecular weight is 305 g/mol. The van der Waals surface area contributed by atoms with Gasteiger partial charge in [-0.3, -0.25) is 0 Å². The van der Waals surface area contributed by atoms with Crippen LogP contribution in [-0.4, -0.2) is 22.1 Å². The van der Waals surface area contributed by atoms with Gasteiger partial charge in [0.1, 0.15) is 0 Å². The quantitative estimate of drug-likeness (QED) is 0.730. The molecule has 0 amide bonds. The van der Waals surface area contributed by atoms with E-state index in [9.17, 15) is 5.02 Å². The molecule has 0 bridgehead atoms. The van der Waals surface area contributed by atoms with Gasteiger partial charge in [-0.05, 0) is 34.6 Å². The Morgan fingerprint density at radius 2 is 1.74 bits per heavy atom. The van der Waals surface area contributed by atoms with E-state index in [1.54, 1.807) is 6.82 Å². The second-order valence-electron chi connectivity index (χ2n) is 6.19. The van der Waals surface area contributed by atoms with E-state index in [2.05, 4.69) is 30.1 Å². The van der Waals surface area contributed by atoms with Gasteiger partial charge in [-0.2, -0.15) is 5.10 Å². The maximum absolute atomic E-state index is 9.79. The summed E-state index contributed by atoms with van der Waals surface area (Å²) in [5, 5.41) is 20.1. The van der Waals surface area contributed by atoms with Crippen LogP contribution in [0.3, 0.4) is 0 Å². The number of rotatable bonds is 3. The van der Waals surface area contributed by atoms with Gasteiger partial charge in [-0.25, -0.2) is 0 Å². The summed E-state index contributed by atoms with van der Waals surface area (Å²) >= 11 is 0. The minimum absolute atomic E-state index is 0.268. The highest BCUT2D eigenvalue weighted by Crippen LogP contribution is 2.30. The SMILES string of the molecule is CB(O)c1cccc(-c2ccc3c(N)nnc(C(C)C)c3c2)c1. The Labute approximate surface area is 136 Å². The first kappa shape index (κ1) is 15.5. The maximum atomic E-state index is 9.79. The fourth-order valence-corrected chi connectivity index (χ4v) is 2.78. The predicted molar refractivity (Wildman–Crippen MR) is 96.9 cm³/mol. The van der Waals surface area contributed by atoms with Crippen LogP contribution < -0.4 is 11.2 Å². The van der Waals surface area contributed by atoms with E-state index >= 15 is 0 Å². The summed E-state index contributed by atoms with van der Waals surface area (Å²) in [6.45, 7) is 5.48. The molecule has 0 unspecified atom stereocenters. The third kappa shape index (κ3) is 2.92. The van der Waals surface area contributed by atoms with Crippen LogP contribution in [0.4, 0.5) is 5.82 Å². The Hall–Kier alpha value is -2.40. The molecule has 1 heterocycles. The molecule has 0 aliphatic rings.